The van der Waals surface area contributed by atoms with Gasteiger partial charge >= 0.3 is 5.97 Å². The van der Waals surface area contributed by atoms with E-state index in [-0.39, 0.29) is 28.9 Å². The number of carboxylic acids is 1. The van der Waals surface area contributed by atoms with Gasteiger partial charge in [0.2, 0.25) is 5.91 Å². The molecule has 6 heteroatoms. The molecule has 1 atom stereocenters. The van der Waals surface area contributed by atoms with E-state index in [4.69, 9.17) is 0 Å². The first-order valence-electron chi connectivity index (χ1n) is 8.46. The predicted molar refractivity (Wildman–Crippen MR) is 103 cm³/mol. The van der Waals surface area contributed by atoms with Crippen LogP contribution in [0.2, 0.25) is 0 Å². The molecular formula is C21H16FNO3S. The first-order valence-corrected chi connectivity index (χ1v) is 9.28. The summed E-state index contributed by atoms with van der Waals surface area (Å²) in [5.41, 5.74) is 3.49. The van der Waals surface area contributed by atoms with Gasteiger partial charge in [-0.25, -0.2) is 9.18 Å². The van der Waals surface area contributed by atoms with Gasteiger partial charge in [0.25, 0.3) is 0 Å². The van der Waals surface area contributed by atoms with Gasteiger partial charge < -0.3 is 10.4 Å². The van der Waals surface area contributed by atoms with E-state index in [9.17, 15) is 19.1 Å². The second kappa shape index (κ2) is 6.63. The Kier molecular flexibility index (Phi) is 4.28. The third-order valence-corrected chi connectivity index (χ3v) is 5.98. The van der Waals surface area contributed by atoms with Crippen LogP contribution in [0.25, 0.3) is 11.1 Å². The molecule has 1 aliphatic heterocycles. The molecule has 27 heavy (non-hydrogen) atoms. The van der Waals surface area contributed by atoms with E-state index < -0.39 is 5.97 Å². The average molecular weight is 381 g/mol. The number of halogens is 1. The van der Waals surface area contributed by atoms with Gasteiger partial charge in [-0.05, 0) is 30.2 Å². The highest BCUT2D eigenvalue weighted by molar-refractivity contribution is 7.15. The fourth-order valence-corrected chi connectivity index (χ4v) is 4.67. The number of carbonyl (C=O) groups excluding carboxylic acids is 1. The minimum Gasteiger partial charge on any atom is -0.477 e. The van der Waals surface area contributed by atoms with E-state index in [0.29, 0.717) is 16.8 Å². The van der Waals surface area contributed by atoms with Crippen LogP contribution >= 0.6 is 11.3 Å². The maximum Gasteiger partial charge on any atom is 0.346 e. The summed E-state index contributed by atoms with van der Waals surface area (Å²) in [6.07, 6.45) is 0.156. The molecular weight excluding hydrogens is 365 g/mol. The number of nitrogens with one attached hydrogen (secondary N) is 1. The molecule has 2 aromatic carbocycles. The van der Waals surface area contributed by atoms with E-state index in [2.05, 4.69) is 5.32 Å². The van der Waals surface area contributed by atoms with E-state index in [1.807, 2.05) is 31.2 Å². The molecule has 2 N–H and O–H groups in total. The summed E-state index contributed by atoms with van der Waals surface area (Å²) in [4.78, 5) is 25.2. The number of fused-ring (bicyclic) bond motifs is 1. The Balaban J connectivity index is 1.94. The van der Waals surface area contributed by atoms with E-state index >= 15 is 0 Å². The Labute approximate surface area is 159 Å². The number of thiophene rings is 1. The molecule has 0 bridgehead atoms. The third kappa shape index (κ3) is 3.13. The van der Waals surface area contributed by atoms with Gasteiger partial charge in [-0.3, -0.25) is 4.79 Å². The van der Waals surface area contributed by atoms with Gasteiger partial charge in [0, 0.05) is 22.8 Å². The lowest BCUT2D eigenvalue weighted by Gasteiger charge is -2.24. The second-order valence-electron chi connectivity index (χ2n) is 6.58. The van der Waals surface area contributed by atoms with Gasteiger partial charge in [0.15, 0.2) is 0 Å². The second-order valence-corrected chi connectivity index (χ2v) is 7.63. The Bertz CT molecular complexity index is 1060. The lowest BCUT2D eigenvalue weighted by molar-refractivity contribution is -0.116. The summed E-state index contributed by atoms with van der Waals surface area (Å²) in [6, 6.07) is 13.6. The van der Waals surface area contributed by atoms with Crippen molar-refractivity contribution in [2.45, 2.75) is 19.3 Å². The SMILES string of the molecule is Cc1ccc(-c2c(C(=O)O)sc3c2NC(=O)C[C@@H]3c2cccc(F)c2)cc1. The van der Waals surface area contributed by atoms with Crippen molar-refractivity contribution >= 4 is 28.9 Å². The van der Waals surface area contributed by atoms with Crippen molar-refractivity contribution in [2.24, 2.45) is 0 Å². The highest BCUT2D eigenvalue weighted by Gasteiger charge is 2.34. The zero-order chi connectivity index (χ0) is 19.1. The summed E-state index contributed by atoms with van der Waals surface area (Å²) < 4.78 is 13.7. The monoisotopic (exact) mass is 381 g/mol. The molecule has 1 amide bonds. The molecule has 0 fully saturated rings. The number of benzene rings is 2. The number of hydrogen-bond donors (Lipinski definition) is 2. The highest BCUT2D eigenvalue weighted by atomic mass is 32.1. The van der Waals surface area contributed by atoms with Crippen molar-refractivity contribution in [1.29, 1.82) is 0 Å². The Hall–Kier alpha value is -2.99. The number of carboxylic acid groups (broad SMARTS) is 1. The van der Waals surface area contributed by atoms with Crippen molar-refractivity contribution in [3.8, 4) is 11.1 Å². The fraction of sp³-hybridized carbons (Fsp3) is 0.143. The van der Waals surface area contributed by atoms with Crippen molar-refractivity contribution in [2.75, 3.05) is 5.32 Å². The largest absolute Gasteiger partial charge is 0.477 e. The van der Waals surface area contributed by atoms with Crippen LogP contribution < -0.4 is 5.32 Å². The molecule has 0 unspecified atom stereocenters. The van der Waals surface area contributed by atoms with Gasteiger partial charge in [-0.15, -0.1) is 11.3 Å². The molecule has 0 saturated heterocycles. The minimum absolute atomic E-state index is 0.156. The number of anilines is 1. The van der Waals surface area contributed by atoms with Crippen LogP contribution in [-0.2, 0) is 4.79 Å². The van der Waals surface area contributed by atoms with Gasteiger partial charge in [0.1, 0.15) is 10.7 Å². The molecule has 0 radical (unpaired) electrons. The standard InChI is InChI=1S/C21H16FNO3S/c1-11-5-7-12(8-6-11)17-18-19(27-20(17)21(25)26)15(10-16(24)23-18)13-3-2-4-14(22)9-13/h2-9,15H,10H2,1H3,(H,23,24)(H,25,26)/t15-/m1/s1. The zero-order valence-electron chi connectivity index (χ0n) is 14.5. The summed E-state index contributed by atoms with van der Waals surface area (Å²) in [5.74, 6) is -2.00. The van der Waals surface area contributed by atoms with Crippen molar-refractivity contribution in [3.63, 3.8) is 0 Å². The molecule has 0 aliphatic carbocycles. The topological polar surface area (TPSA) is 66.4 Å². The molecule has 4 nitrogen and oxygen atoms in total. The lowest BCUT2D eigenvalue weighted by atomic mass is 9.88. The average Bonchev–Trinajstić information content (AvgIpc) is 3.01. The molecule has 136 valence electrons. The Morgan fingerprint density at radius 3 is 2.63 bits per heavy atom. The van der Waals surface area contributed by atoms with Crippen LogP contribution in [-0.4, -0.2) is 17.0 Å². The summed E-state index contributed by atoms with van der Waals surface area (Å²) >= 11 is 1.14. The number of rotatable bonds is 3. The van der Waals surface area contributed by atoms with Crippen LogP contribution in [0.5, 0.6) is 0 Å². The third-order valence-electron chi connectivity index (χ3n) is 4.69. The number of amides is 1. The molecule has 4 rings (SSSR count). The van der Waals surface area contributed by atoms with Gasteiger partial charge in [-0.2, -0.15) is 0 Å². The first-order chi connectivity index (χ1) is 12.9. The number of hydrogen-bond acceptors (Lipinski definition) is 3. The molecule has 1 aliphatic rings. The highest BCUT2D eigenvalue weighted by Crippen LogP contribution is 2.49. The molecule has 0 spiro atoms. The van der Waals surface area contributed by atoms with Crippen LogP contribution in [0.1, 0.15) is 38.0 Å². The van der Waals surface area contributed by atoms with E-state index in [0.717, 1.165) is 27.3 Å². The Morgan fingerprint density at radius 2 is 1.96 bits per heavy atom. The first kappa shape index (κ1) is 17.4. The number of aromatic carboxylic acids is 1. The smallest absolute Gasteiger partial charge is 0.346 e. The van der Waals surface area contributed by atoms with Crippen LogP contribution in [0.3, 0.4) is 0 Å². The zero-order valence-corrected chi connectivity index (χ0v) is 15.3. The van der Waals surface area contributed by atoms with Crippen molar-refractivity contribution in [3.05, 3.63) is 75.2 Å². The van der Waals surface area contributed by atoms with Crippen LogP contribution in [0.15, 0.2) is 48.5 Å². The van der Waals surface area contributed by atoms with Crippen molar-refractivity contribution < 1.29 is 19.1 Å². The van der Waals surface area contributed by atoms with Crippen LogP contribution in [0, 0.1) is 12.7 Å². The summed E-state index contributed by atoms with van der Waals surface area (Å²) in [5, 5.41) is 12.6. The maximum absolute atomic E-state index is 13.7. The minimum atomic E-state index is -1.04. The molecule has 1 aromatic heterocycles. The van der Waals surface area contributed by atoms with Gasteiger partial charge in [0.05, 0.1) is 5.69 Å². The van der Waals surface area contributed by atoms with Crippen LogP contribution in [0.4, 0.5) is 10.1 Å². The predicted octanol–water partition coefficient (Wildman–Crippen LogP) is 5.03. The molecule has 2 heterocycles. The molecule has 3 aromatic rings. The van der Waals surface area contributed by atoms with E-state index in [1.165, 1.54) is 12.1 Å². The number of aryl methyl sites for hydroxylation is 1. The molecule has 0 saturated carbocycles. The fourth-order valence-electron chi connectivity index (χ4n) is 3.43. The van der Waals surface area contributed by atoms with E-state index in [1.54, 1.807) is 12.1 Å². The normalized spacial score (nSPS) is 15.9. The lowest BCUT2D eigenvalue weighted by Crippen LogP contribution is -2.22. The quantitative estimate of drug-likeness (QED) is 0.668. The van der Waals surface area contributed by atoms with Crippen molar-refractivity contribution in [1.82, 2.24) is 0 Å². The number of carbonyl (C=O) groups is 2. The summed E-state index contributed by atoms with van der Waals surface area (Å²) in [6.45, 7) is 1.95. The Morgan fingerprint density at radius 1 is 1.22 bits per heavy atom. The summed E-state index contributed by atoms with van der Waals surface area (Å²) in [7, 11) is 0. The maximum atomic E-state index is 13.7. The van der Waals surface area contributed by atoms with Gasteiger partial charge in [-0.1, -0.05) is 42.0 Å².